The molecule has 2 N–H and O–H groups in total. The fourth-order valence-electron chi connectivity index (χ4n) is 0.144. The summed E-state index contributed by atoms with van der Waals surface area (Å²) in [6, 6.07) is 0. The van der Waals surface area contributed by atoms with Gasteiger partial charge in [0.1, 0.15) is 0 Å². The van der Waals surface area contributed by atoms with Gasteiger partial charge in [-0.3, -0.25) is 4.55 Å². The normalized spacial score (nSPS) is 20.9. The quantitative estimate of drug-likeness (QED) is 0.461. The lowest BCUT2D eigenvalue weighted by Crippen LogP contribution is -2.29. The molecule has 5 heteroatoms. The van der Waals surface area contributed by atoms with Crippen LogP contribution in [0.5, 0.6) is 0 Å². The Morgan fingerprint density at radius 3 is 1.89 bits per heavy atom. The van der Waals surface area contributed by atoms with Crippen molar-refractivity contribution >= 4 is 10.1 Å². The van der Waals surface area contributed by atoms with Gasteiger partial charge < -0.3 is 5.32 Å². The van der Waals surface area contributed by atoms with Crippen molar-refractivity contribution in [2.24, 2.45) is 0 Å². The Morgan fingerprint density at radius 2 is 1.89 bits per heavy atom. The average molecular weight is 154 g/mol. The first-order valence-electron chi connectivity index (χ1n) is 3.03. The van der Waals surface area contributed by atoms with Crippen LogP contribution in [0.3, 0.4) is 0 Å². The summed E-state index contributed by atoms with van der Waals surface area (Å²) in [7, 11) is -3.67. The fourth-order valence-corrected chi connectivity index (χ4v) is 0.144. The second-order valence-electron chi connectivity index (χ2n) is 1.68. The molecule has 0 radical (unpaired) electrons. The van der Waals surface area contributed by atoms with E-state index in [2.05, 4.69) is 5.32 Å². The Labute approximate surface area is 56.4 Å². The highest BCUT2D eigenvalue weighted by Crippen LogP contribution is 1.80. The number of hydrogen-bond acceptors (Lipinski definition) is 3. The second kappa shape index (κ2) is 3.81. The lowest BCUT2D eigenvalue weighted by Gasteiger charge is -2.09. The van der Waals surface area contributed by atoms with E-state index in [1.807, 2.05) is 0 Å². The Balaban J connectivity index is 0.000000162. The average Bonchev–Trinajstić information content (AvgIpc) is 1.56. The Morgan fingerprint density at radius 1 is 1.67 bits per heavy atom. The molecule has 0 aromatic heterocycles. The topological polar surface area (TPSA) is 66.4 Å². The molecule has 1 saturated heterocycles. The molecule has 56 valence electrons. The van der Waals surface area contributed by atoms with E-state index in [1.165, 1.54) is 0 Å². The van der Waals surface area contributed by atoms with E-state index in [0.717, 1.165) is 13.1 Å². The zero-order chi connectivity index (χ0) is 8.20. The second-order valence-corrected chi connectivity index (χ2v) is 3.15. The summed E-state index contributed by atoms with van der Waals surface area (Å²) in [5.74, 6) is 0. The van der Waals surface area contributed by atoms with E-state index in [0.29, 0.717) is 6.26 Å². The van der Waals surface area contributed by atoms with Gasteiger partial charge >= 0.3 is 0 Å². The molecule has 0 amide bonds. The van der Waals surface area contributed by atoms with Crippen LogP contribution in [-0.4, -0.2) is 32.3 Å². The van der Waals surface area contributed by atoms with Crippen LogP contribution >= 0.6 is 0 Å². The monoisotopic (exact) mass is 154 g/mol. The highest BCUT2D eigenvalue weighted by molar-refractivity contribution is 7.85. The summed E-state index contributed by atoms with van der Waals surface area (Å²) in [6.45, 7) is 1.81. The molecule has 0 unspecified atom stereocenters. The van der Waals surface area contributed by atoms with Gasteiger partial charge in [0.2, 0.25) is 0 Å². The molecule has 9 heavy (non-hydrogen) atoms. The minimum atomic E-state index is -3.67. The van der Waals surface area contributed by atoms with E-state index >= 15 is 0 Å². The first-order chi connectivity index (χ1) is 4.39. The van der Waals surface area contributed by atoms with E-state index in [1.54, 1.807) is 0 Å². The molecule has 0 bridgehead atoms. The van der Waals surface area contributed by atoms with Crippen molar-refractivity contribution in [3.63, 3.8) is 0 Å². The highest BCUT2D eigenvalue weighted by atomic mass is 32.2. The first-order valence-corrected chi connectivity index (χ1v) is 4.30. The van der Waals surface area contributed by atoms with Gasteiger partial charge in [-0.15, -0.1) is 0 Å². The molecule has 0 saturated carbocycles. The molecule has 1 aliphatic rings. The first kappa shape index (κ1) is 6.98. The van der Waals surface area contributed by atoms with Crippen LogP contribution in [0.4, 0.5) is 0 Å². The van der Waals surface area contributed by atoms with Crippen molar-refractivity contribution in [1.29, 1.82) is 0 Å². The number of nitrogens with one attached hydrogen (secondary N) is 1. The maximum absolute atomic E-state index is 9.19. The molecule has 0 aliphatic carbocycles. The maximum atomic E-state index is 9.19. The summed E-state index contributed by atoms with van der Waals surface area (Å²) in [4.78, 5) is 0. The summed E-state index contributed by atoms with van der Waals surface area (Å²) < 4.78 is 32.7. The van der Waals surface area contributed by atoms with E-state index in [9.17, 15) is 8.42 Å². The van der Waals surface area contributed by atoms with Crippen molar-refractivity contribution < 1.29 is 14.3 Å². The van der Waals surface area contributed by atoms with Crippen molar-refractivity contribution in [1.82, 2.24) is 5.32 Å². The molecular formula is C4H11NO3S. The van der Waals surface area contributed by atoms with Gasteiger partial charge in [-0.05, 0) is 19.5 Å². The lowest BCUT2D eigenvalue weighted by molar-refractivity contribution is 0.490. The Kier molecular flexibility index (Phi) is 2.96. The van der Waals surface area contributed by atoms with Crippen molar-refractivity contribution in [2.75, 3.05) is 19.3 Å². The minimum absolute atomic E-state index is 0.204. The zero-order valence-corrected chi connectivity index (χ0v) is 5.98. The van der Waals surface area contributed by atoms with E-state index in [-0.39, 0.29) is 6.40 Å². The van der Waals surface area contributed by atoms with E-state index in [4.69, 9.17) is 5.92 Å². The summed E-state index contributed by atoms with van der Waals surface area (Å²) >= 11 is 0. The van der Waals surface area contributed by atoms with Crippen LogP contribution in [0.1, 0.15) is 7.77 Å². The van der Waals surface area contributed by atoms with Crippen molar-refractivity contribution in [3.05, 3.63) is 0 Å². The van der Waals surface area contributed by atoms with Gasteiger partial charge in [0.05, 0.1) is 6.26 Å². The van der Waals surface area contributed by atoms with Gasteiger partial charge in [-0.2, -0.15) is 8.42 Å². The summed E-state index contributed by atoms with van der Waals surface area (Å²) in [5.41, 5.74) is 0. The molecule has 0 aromatic carbocycles. The molecule has 1 aliphatic heterocycles. The van der Waals surface area contributed by atoms with Gasteiger partial charge in [0.15, 0.2) is 0 Å². The fraction of sp³-hybridized carbons (Fsp3) is 1.00. The largest absolute Gasteiger partial charge is 0.317 e. The maximum Gasteiger partial charge on any atom is 0.261 e. The van der Waals surface area contributed by atoms with Gasteiger partial charge in [-0.1, -0.05) is 0 Å². The van der Waals surface area contributed by atoms with Crippen molar-refractivity contribution in [2.45, 2.75) is 6.40 Å². The molecule has 1 rings (SSSR count). The van der Waals surface area contributed by atoms with Gasteiger partial charge in [0.25, 0.3) is 10.1 Å². The van der Waals surface area contributed by atoms with Crippen LogP contribution in [0, 0.1) is 0 Å². The molecule has 0 atom stereocenters. The molecule has 1 fully saturated rings. The summed E-state index contributed by atoms with van der Waals surface area (Å²) in [5, 5.41) is 2.97. The third-order valence-electron chi connectivity index (χ3n) is 0.577. The Hall–Kier alpha value is -0.130. The van der Waals surface area contributed by atoms with Crippen LogP contribution in [0.25, 0.3) is 0 Å². The predicted octanol–water partition coefficient (Wildman–Crippen LogP) is -0.516. The number of hydrogen-bond donors (Lipinski definition) is 2. The zero-order valence-electron chi connectivity index (χ0n) is 6.16. The lowest BCUT2D eigenvalue weighted by atomic mass is 10.3. The standard InChI is InChI=1S/C3H7N.CH4O3S/c1-2-4-3-1;1-5(2,3)4/h4H,1-3H2;1H3,(H,2,3,4)/i1D;. The molecule has 4 nitrogen and oxygen atoms in total. The Bertz CT molecular complexity index is 167. The smallest absolute Gasteiger partial charge is 0.261 e. The predicted molar refractivity (Wildman–Crippen MR) is 35.0 cm³/mol. The van der Waals surface area contributed by atoms with Crippen LogP contribution in [-0.2, 0) is 10.1 Å². The molecular weight excluding hydrogens is 142 g/mol. The van der Waals surface area contributed by atoms with Crippen LogP contribution in [0.15, 0.2) is 0 Å². The highest BCUT2D eigenvalue weighted by Gasteiger charge is 1.92. The van der Waals surface area contributed by atoms with Gasteiger partial charge in [0, 0.05) is 1.37 Å². The third kappa shape index (κ3) is 18.1. The number of rotatable bonds is 0. The van der Waals surface area contributed by atoms with Crippen molar-refractivity contribution in [3.8, 4) is 0 Å². The minimum Gasteiger partial charge on any atom is -0.317 e. The molecule has 0 aromatic rings. The van der Waals surface area contributed by atoms with E-state index < -0.39 is 10.1 Å². The third-order valence-corrected chi connectivity index (χ3v) is 0.577. The molecule has 1 heterocycles. The summed E-state index contributed by atoms with van der Waals surface area (Å²) in [6.07, 6.45) is 0.919. The molecule has 0 spiro atoms. The van der Waals surface area contributed by atoms with Crippen LogP contribution < -0.4 is 5.32 Å². The van der Waals surface area contributed by atoms with Gasteiger partial charge in [-0.25, -0.2) is 0 Å². The van der Waals surface area contributed by atoms with Crippen LogP contribution in [0.2, 0.25) is 0 Å². The SMILES string of the molecule is CS(=O)(=O)O.[2H]C1CNC1.